The predicted octanol–water partition coefficient (Wildman–Crippen LogP) is 0.908. The van der Waals surface area contributed by atoms with Crippen LogP contribution < -0.4 is 11.5 Å². The number of hydrogen-bond donors (Lipinski definition) is 2. The van der Waals surface area contributed by atoms with Gasteiger partial charge >= 0.3 is 0 Å². The molecule has 0 spiro atoms. The van der Waals surface area contributed by atoms with Crippen molar-refractivity contribution in [1.82, 2.24) is 9.78 Å². The van der Waals surface area contributed by atoms with Crippen molar-refractivity contribution < 1.29 is 0 Å². The van der Waals surface area contributed by atoms with E-state index in [0.717, 1.165) is 18.7 Å². The summed E-state index contributed by atoms with van der Waals surface area (Å²) >= 11 is 0. The first kappa shape index (κ1) is 8.56. The Balaban J connectivity index is 2.19. The van der Waals surface area contributed by atoms with E-state index in [1.54, 1.807) is 6.20 Å². The lowest BCUT2D eigenvalue weighted by molar-refractivity contribution is 0.289. The van der Waals surface area contributed by atoms with E-state index in [0.29, 0.717) is 6.04 Å². The zero-order valence-corrected chi connectivity index (χ0v) is 7.69. The summed E-state index contributed by atoms with van der Waals surface area (Å²) in [5.74, 6) is 0.724. The monoisotopic (exact) mass is 180 g/mol. The Bertz CT molecular complexity index is 281. The third-order valence-electron chi connectivity index (χ3n) is 2.80. The number of hydrogen-bond acceptors (Lipinski definition) is 3. The minimum absolute atomic E-state index is 0.218. The first-order valence-electron chi connectivity index (χ1n) is 4.83. The van der Waals surface area contributed by atoms with Gasteiger partial charge < -0.3 is 11.5 Å². The van der Waals surface area contributed by atoms with Crippen LogP contribution >= 0.6 is 0 Å². The normalized spacial score (nSPS) is 29.0. The van der Waals surface area contributed by atoms with Crippen molar-refractivity contribution in [3.63, 3.8) is 0 Å². The Morgan fingerprint density at radius 3 is 2.77 bits per heavy atom. The summed E-state index contributed by atoms with van der Waals surface area (Å²) in [4.78, 5) is 0. The number of aromatic nitrogens is 2. The molecule has 4 nitrogen and oxygen atoms in total. The average molecular weight is 180 g/mol. The van der Waals surface area contributed by atoms with Crippen LogP contribution in [0.5, 0.6) is 0 Å². The fourth-order valence-corrected chi connectivity index (χ4v) is 2.05. The Kier molecular flexibility index (Phi) is 2.22. The molecule has 0 aromatic carbocycles. The molecule has 0 amide bonds. The van der Waals surface area contributed by atoms with E-state index < -0.39 is 0 Å². The van der Waals surface area contributed by atoms with Crippen molar-refractivity contribution in [2.75, 3.05) is 5.73 Å². The molecule has 0 saturated heterocycles. The van der Waals surface area contributed by atoms with Crippen molar-refractivity contribution in [3.8, 4) is 0 Å². The summed E-state index contributed by atoms with van der Waals surface area (Å²) in [5.41, 5.74) is 11.8. The molecule has 0 bridgehead atoms. The van der Waals surface area contributed by atoms with Gasteiger partial charge in [-0.15, -0.1) is 0 Å². The van der Waals surface area contributed by atoms with Gasteiger partial charge in [-0.1, -0.05) is 12.8 Å². The second kappa shape index (κ2) is 3.38. The van der Waals surface area contributed by atoms with Gasteiger partial charge in [-0.3, -0.25) is 0 Å². The van der Waals surface area contributed by atoms with Crippen LogP contribution in [0.3, 0.4) is 0 Å². The van der Waals surface area contributed by atoms with Gasteiger partial charge in [0.1, 0.15) is 5.82 Å². The number of nitrogens with two attached hydrogens (primary N) is 2. The standard InChI is InChI=1S/C9H16N4/c10-7-3-1-2-4-8(7)13-9(11)5-6-12-13/h5-8H,1-4,10-11H2. The van der Waals surface area contributed by atoms with E-state index in [2.05, 4.69) is 5.10 Å². The molecule has 2 rings (SSSR count). The molecule has 4 N–H and O–H groups in total. The molecule has 72 valence electrons. The molecule has 0 aliphatic heterocycles. The third-order valence-corrected chi connectivity index (χ3v) is 2.80. The lowest BCUT2D eigenvalue weighted by Gasteiger charge is -2.29. The molecule has 4 heteroatoms. The molecule has 0 radical (unpaired) electrons. The van der Waals surface area contributed by atoms with Crippen molar-refractivity contribution in [2.45, 2.75) is 37.8 Å². The summed E-state index contributed by atoms with van der Waals surface area (Å²) in [5, 5.41) is 4.20. The van der Waals surface area contributed by atoms with Crippen molar-refractivity contribution in [2.24, 2.45) is 5.73 Å². The van der Waals surface area contributed by atoms with Gasteiger partial charge in [-0.25, -0.2) is 4.68 Å². The molecular formula is C9H16N4. The zero-order valence-electron chi connectivity index (χ0n) is 7.69. The Labute approximate surface area is 77.9 Å². The highest BCUT2D eigenvalue weighted by atomic mass is 15.3. The Morgan fingerprint density at radius 1 is 1.38 bits per heavy atom. The van der Waals surface area contributed by atoms with E-state index in [9.17, 15) is 0 Å². The predicted molar refractivity (Wildman–Crippen MR) is 52.1 cm³/mol. The van der Waals surface area contributed by atoms with Crippen LogP contribution in [0.15, 0.2) is 12.3 Å². The highest BCUT2D eigenvalue weighted by Crippen LogP contribution is 2.28. The first-order chi connectivity index (χ1) is 6.29. The highest BCUT2D eigenvalue weighted by molar-refractivity contribution is 5.27. The average Bonchev–Trinajstić information content (AvgIpc) is 2.52. The second-order valence-corrected chi connectivity index (χ2v) is 3.72. The molecule has 1 fully saturated rings. The number of nitrogen functional groups attached to an aromatic ring is 1. The number of anilines is 1. The van der Waals surface area contributed by atoms with Gasteiger partial charge in [0.25, 0.3) is 0 Å². The van der Waals surface area contributed by atoms with Crippen molar-refractivity contribution >= 4 is 5.82 Å². The van der Waals surface area contributed by atoms with Crippen LogP contribution in [0.25, 0.3) is 0 Å². The molecule has 1 aromatic heterocycles. The third kappa shape index (κ3) is 1.54. The molecule has 1 saturated carbocycles. The molecule has 1 aromatic rings. The fourth-order valence-electron chi connectivity index (χ4n) is 2.05. The fraction of sp³-hybridized carbons (Fsp3) is 0.667. The summed E-state index contributed by atoms with van der Waals surface area (Å²) in [6, 6.07) is 2.35. The van der Waals surface area contributed by atoms with Gasteiger partial charge in [-0.2, -0.15) is 5.10 Å². The maximum absolute atomic E-state index is 6.02. The maximum atomic E-state index is 6.02. The maximum Gasteiger partial charge on any atom is 0.122 e. The zero-order chi connectivity index (χ0) is 9.26. The summed E-state index contributed by atoms with van der Waals surface area (Å²) in [6.45, 7) is 0. The Hall–Kier alpha value is -1.03. The van der Waals surface area contributed by atoms with E-state index in [-0.39, 0.29) is 6.04 Å². The van der Waals surface area contributed by atoms with Gasteiger partial charge in [0.2, 0.25) is 0 Å². The molecule has 1 aliphatic carbocycles. The molecule has 1 heterocycles. The van der Waals surface area contributed by atoms with E-state index >= 15 is 0 Å². The van der Waals surface area contributed by atoms with Crippen LogP contribution in [0.2, 0.25) is 0 Å². The molecule has 13 heavy (non-hydrogen) atoms. The van der Waals surface area contributed by atoms with E-state index in [1.165, 1.54) is 12.8 Å². The summed E-state index contributed by atoms with van der Waals surface area (Å²) in [7, 11) is 0. The van der Waals surface area contributed by atoms with Crippen LogP contribution in [0, 0.1) is 0 Å². The largest absolute Gasteiger partial charge is 0.384 e. The number of nitrogens with zero attached hydrogens (tertiary/aromatic N) is 2. The lowest BCUT2D eigenvalue weighted by atomic mass is 9.91. The van der Waals surface area contributed by atoms with E-state index in [4.69, 9.17) is 11.5 Å². The van der Waals surface area contributed by atoms with Crippen LogP contribution in [-0.4, -0.2) is 15.8 Å². The summed E-state index contributed by atoms with van der Waals surface area (Å²) < 4.78 is 1.86. The quantitative estimate of drug-likeness (QED) is 0.674. The smallest absolute Gasteiger partial charge is 0.122 e. The van der Waals surface area contributed by atoms with Gasteiger partial charge in [-0.05, 0) is 18.9 Å². The highest BCUT2D eigenvalue weighted by Gasteiger charge is 2.24. The van der Waals surface area contributed by atoms with Crippen LogP contribution in [0.1, 0.15) is 31.7 Å². The minimum Gasteiger partial charge on any atom is -0.384 e. The second-order valence-electron chi connectivity index (χ2n) is 3.72. The molecule has 2 unspecified atom stereocenters. The Morgan fingerprint density at radius 2 is 2.15 bits per heavy atom. The van der Waals surface area contributed by atoms with Crippen LogP contribution in [-0.2, 0) is 0 Å². The minimum atomic E-state index is 0.218. The molecule has 2 atom stereocenters. The first-order valence-corrected chi connectivity index (χ1v) is 4.83. The van der Waals surface area contributed by atoms with Crippen molar-refractivity contribution in [1.29, 1.82) is 0 Å². The van der Waals surface area contributed by atoms with Crippen LogP contribution in [0.4, 0.5) is 5.82 Å². The van der Waals surface area contributed by atoms with Gasteiger partial charge in [0.15, 0.2) is 0 Å². The molecular weight excluding hydrogens is 164 g/mol. The van der Waals surface area contributed by atoms with Gasteiger partial charge in [0.05, 0.1) is 12.2 Å². The number of rotatable bonds is 1. The van der Waals surface area contributed by atoms with Crippen molar-refractivity contribution in [3.05, 3.63) is 12.3 Å². The summed E-state index contributed by atoms with van der Waals surface area (Å²) in [6.07, 6.45) is 6.39. The topological polar surface area (TPSA) is 69.9 Å². The lowest BCUT2D eigenvalue weighted by Crippen LogP contribution is -2.35. The van der Waals surface area contributed by atoms with E-state index in [1.807, 2.05) is 10.7 Å². The molecule has 1 aliphatic rings. The SMILES string of the molecule is Nc1ccnn1C1CCCCC1N. The van der Waals surface area contributed by atoms with Gasteiger partial charge in [0, 0.05) is 6.04 Å².